The normalized spacial score (nSPS) is 14.2. The van der Waals surface area contributed by atoms with E-state index in [-0.39, 0.29) is 17.6 Å². The van der Waals surface area contributed by atoms with Crippen LogP contribution in [-0.4, -0.2) is 33.1 Å². The van der Waals surface area contributed by atoms with Crippen molar-refractivity contribution in [3.8, 4) is 5.82 Å². The Labute approximate surface area is 188 Å². The van der Waals surface area contributed by atoms with Crippen molar-refractivity contribution < 1.29 is 22.8 Å². The standard InChI is InChI=1S/C23H22F3N5O2/c1-14(2)21-18(13-28-31(21)19-10-5-15(12-27-19)23(24,25)26)22(33)29-16-6-8-17(9-7-16)30-11-3-4-20(30)32/h5-10,12-14H,3-4,11H2,1-2H3,(H,29,33). The lowest BCUT2D eigenvalue weighted by molar-refractivity contribution is -0.137. The molecule has 10 heteroatoms. The lowest BCUT2D eigenvalue weighted by atomic mass is 10.1. The highest BCUT2D eigenvalue weighted by atomic mass is 19.4. The van der Waals surface area contributed by atoms with Crippen molar-refractivity contribution in [3.05, 3.63) is 65.6 Å². The molecule has 4 rings (SSSR count). The van der Waals surface area contributed by atoms with E-state index >= 15 is 0 Å². The average Bonchev–Trinajstić information content (AvgIpc) is 3.40. The number of nitrogens with one attached hydrogen (secondary N) is 1. The van der Waals surface area contributed by atoms with Gasteiger partial charge in [-0.05, 0) is 48.7 Å². The van der Waals surface area contributed by atoms with Gasteiger partial charge in [0.05, 0.1) is 23.0 Å². The Balaban J connectivity index is 1.56. The third-order valence-electron chi connectivity index (χ3n) is 5.40. The van der Waals surface area contributed by atoms with Gasteiger partial charge in [-0.15, -0.1) is 0 Å². The molecule has 33 heavy (non-hydrogen) atoms. The highest BCUT2D eigenvalue weighted by Gasteiger charge is 2.31. The predicted octanol–water partition coefficient (Wildman–Crippen LogP) is 4.79. The summed E-state index contributed by atoms with van der Waals surface area (Å²) in [4.78, 5) is 30.5. The Morgan fingerprint density at radius 3 is 2.36 bits per heavy atom. The van der Waals surface area contributed by atoms with Crippen LogP contribution in [0.2, 0.25) is 0 Å². The molecule has 2 aromatic heterocycles. The summed E-state index contributed by atoms with van der Waals surface area (Å²) in [5.74, 6) is -0.286. The number of anilines is 2. The SMILES string of the molecule is CC(C)c1c(C(=O)Nc2ccc(N3CCCC3=O)cc2)cnn1-c1ccc(C(F)(F)F)cn1. The van der Waals surface area contributed by atoms with Gasteiger partial charge in [-0.25, -0.2) is 9.67 Å². The fourth-order valence-corrected chi connectivity index (χ4v) is 3.79. The monoisotopic (exact) mass is 457 g/mol. The van der Waals surface area contributed by atoms with Gasteiger partial charge in [0.1, 0.15) is 0 Å². The molecule has 0 aliphatic carbocycles. The van der Waals surface area contributed by atoms with Crippen LogP contribution in [0.15, 0.2) is 48.8 Å². The maximum atomic E-state index is 13.0. The first-order valence-corrected chi connectivity index (χ1v) is 10.5. The van der Waals surface area contributed by atoms with Crippen LogP contribution >= 0.6 is 0 Å². The number of hydrogen-bond donors (Lipinski definition) is 1. The summed E-state index contributed by atoms with van der Waals surface area (Å²) < 4.78 is 39.9. The molecule has 2 amide bonds. The summed E-state index contributed by atoms with van der Waals surface area (Å²) in [5, 5.41) is 7.02. The molecule has 0 unspecified atom stereocenters. The van der Waals surface area contributed by atoms with Gasteiger partial charge in [-0.3, -0.25) is 9.59 Å². The van der Waals surface area contributed by atoms with Crippen molar-refractivity contribution in [2.75, 3.05) is 16.8 Å². The molecule has 0 bridgehead atoms. The van der Waals surface area contributed by atoms with Crippen molar-refractivity contribution >= 4 is 23.2 Å². The second-order valence-corrected chi connectivity index (χ2v) is 8.06. The second-order valence-electron chi connectivity index (χ2n) is 8.06. The fraction of sp³-hybridized carbons (Fsp3) is 0.304. The Bertz CT molecular complexity index is 1170. The molecule has 1 aliphatic rings. The number of carbonyl (C=O) groups excluding carboxylic acids is 2. The minimum atomic E-state index is -4.49. The predicted molar refractivity (Wildman–Crippen MR) is 116 cm³/mol. The third kappa shape index (κ3) is 4.59. The van der Waals surface area contributed by atoms with Crippen LogP contribution in [0.4, 0.5) is 24.5 Å². The summed E-state index contributed by atoms with van der Waals surface area (Å²) >= 11 is 0. The topological polar surface area (TPSA) is 80.1 Å². The minimum Gasteiger partial charge on any atom is -0.322 e. The van der Waals surface area contributed by atoms with Crippen molar-refractivity contribution in [1.29, 1.82) is 0 Å². The maximum absolute atomic E-state index is 13.0. The molecule has 1 saturated heterocycles. The van der Waals surface area contributed by atoms with Gasteiger partial charge >= 0.3 is 6.18 Å². The van der Waals surface area contributed by atoms with E-state index in [2.05, 4.69) is 15.4 Å². The highest BCUT2D eigenvalue weighted by Crippen LogP contribution is 2.30. The number of nitrogens with zero attached hydrogens (tertiary/aromatic N) is 4. The van der Waals surface area contributed by atoms with Crippen molar-refractivity contribution in [2.24, 2.45) is 0 Å². The van der Waals surface area contributed by atoms with Gasteiger partial charge in [0.25, 0.3) is 5.91 Å². The van der Waals surface area contributed by atoms with Crippen molar-refractivity contribution in [2.45, 2.75) is 38.8 Å². The third-order valence-corrected chi connectivity index (χ3v) is 5.40. The van der Waals surface area contributed by atoms with E-state index in [0.717, 1.165) is 24.4 Å². The van der Waals surface area contributed by atoms with E-state index in [1.165, 1.54) is 16.9 Å². The zero-order chi connectivity index (χ0) is 23.8. The Hall–Kier alpha value is -3.69. The second kappa shape index (κ2) is 8.68. The van der Waals surface area contributed by atoms with Crippen molar-refractivity contribution in [3.63, 3.8) is 0 Å². The number of pyridine rings is 1. The number of rotatable bonds is 5. The Morgan fingerprint density at radius 2 is 1.82 bits per heavy atom. The average molecular weight is 457 g/mol. The largest absolute Gasteiger partial charge is 0.417 e. The first kappa shape index (κ1) is 22.5. The van der Waals surface area contributed by atoms with Gasteiger partial charge in [0, 0.05) is 30.5 Å². The van der Waals surface area contributed by atoms with Crippen LogP contribution in [0, 0.1) is 0 Å². The van der Waals surface area contributed by atoms with Crippen LogP contribution in [0.5, 0.6) is 0 Å². The van der Waals surface area contributed by atoms with Crippen LogP contribution in [0.3, 0.4) is 0 Å². The Kier molecular flexibility index (Phi) is 5.92. The molecule has 1 N–H and O–H groups in total. The molecule has 0 saturated carbocycles. The van der Waals surface area contributed by atoms with E-state index in [0.29, 0.717) is 29.9 Å². The van der Waals surface area contributed by atoms with E-state index in [1.807, 2.05) is 13.8 Å². The smallest absolute Gasteiger partial charge is 0.322 e. The zero-order valence-corrected chi connectivity index (χ0v) is 18.1. The Morgan fingerprint density at radius 1 is 1.09 bits per heavy atom. The van der Waals surface area contributed by atoms with Crippen LogP contribution in [0.25, 0.3) is 5.82 Å². The first-order chi connectivity index (χ1) is 15.6. The summed E-state index contributed by atoms with van der Waals surface area (Å²) in [6, 6.07) is 9.14. The van der Waals surface area contributed by atoms with Gasteiger partial charge in [0.15, 0.2) is 5.82 Å². The minimum absolute atomic E-state index is 0.0812. The number of aromatic nitrogens is 3. The quantitative estimate of drug-likeness (QED) is 0.598. The molecule has 1 fully saturated rings. The number of halogens is 3. The number of benzene rings is 1. The molecular weight excluding hydrogens is 435 g/mol. The van der Waals surface area contributed by atoms with Crippen molar-refractivity contribution in [1.82, 2.24) is 14.8 Å². The summed E-state index contributed by atoms with van der Waals surface area (Å²) in [6.45, 7) is 4.39. The molecule has 1 aromatic carbocycles. The molecule has 172 valence electrons. The molecule has 0 atom stereocenters. The number of hydrogen-bond acceptors (Lipinski definition) is 4. The first-order valence-electron chi connectivity index (χ1n) is 10.5. The van der Waals surface area contributed by atoms with E-state index in [9.17, 15) is 22.8 Å². The summed E-state index contributed by atoms with van der Waals surface area (Å²) in [5.41, 5.74) is 1.29. The molecule has 0 spiro atoms. The fourth-order valence-electron chi connectivity index (χ4n) is 3.79. The zero-order valence-electron chi connectivity index (χ0n) is 18.1. The molecular formula is C23H22F3N5O2. The van der Waals surface area contributed by atoms with Gasteiger partial charge < -0.3 is 10.2 Å². The molecule has 0 radical (unpaired) electrons. The highest BCUT2D eigenvalue weighted by molar-refractivity contribution is 6.05. The maximum Gasteiger partial charge on any atom is 0.417 e. The van der Waals surface area contributed by atoms with E-state index in [1.54, 1.807) is 29.2 Å². The number of amides is 2. The number of alkyl halides is 3. The number of carbonyl (C=O) groups is 2. The lowest BCUT2D eigenvalue weighted by Crippen LogP contribution is -2.23. The van der Waals surface area contributed by atoms with Gasteiger partial charge in [0.2, 0.25) is 5.91 Å². The van der Waals surface area contributed by atoms with Crippen LogP contribution in [-0.2, 0) is 11.0 Å². The van der Waals surface area contributed by atoms with E-state index in [4.69, 9.17) is 0 Å². The summed E-state index contributed by atoms with van der Waals surface area (Å²) in [6.07, 6.45) is -1.00. The molecule has 3 aromatic rings. The molecule has 7 nitrogen and oxygen atoms in total. The summed E-state index contributed by atoms with van der Waals surface area (Å²) in [7, 11) is 0. The van der Waals surface area contributed by atoms with Gasteiger partial charge in [-0.2, -0.15) is 18.3 Å². The molecule has 1 aliphatic heterocycles. The van der Waals surface area contributed by atoms with E-state index < -0.39 is 17.6 Å². The lowest BCUT2D eigenvalue weighted by Gasteiger charge is -2.16. The van der Waals surface area contributed by atoms with Crippen LogP contribution in [0.1, 0.15) is 54.2 Å². The van der Waals surface area contributed by atoms with Crippen LogP contribution < -0.4 is 10.2 Å². The van der Waals surface area contributed by atoms with Gasteiger partial charge in [-0.1, -0.05) is 13.8 Å². The molecule has 3 heterocycles.